The maximum Gasteiger partial charge on any atom is 0.168 e. The first kappa shape index (κ1) is 24.8. The second-order valence-corrected chi connectivity index (χ2v) is 9.68. The molecule has 0 bridgehead atoms. The number of rotatable bonds is 8. The van der Waals surface area contributed by atoms with E-state index in [4.69, 9.17) is 4.52 Å². The largest absolute Gasteiger partial charge is 0.511 e. The van der Waals surface area contributed by atoms with E-state index in [0.717, 1.165) is 11.1 Å². The number of Topliss-reactive ketones (excluding diaryl/α,β-unsaturated/α-hetero) is 2. The Morgan fingerprint density at radius 3 is 2.14 bits per heavy atom. The molecule has 7 nitrogen and oxygen atoms in total. The minimum Gasteiger partial charge on any atom is -0.511 e. The fraction of sp³-hybridized carbons (Fsp3) is 0.333. The summed E-state index contributed by atoms with van der Waals surface area (Å²) in [7, 11) is 0. The molecule has 1 heterocycles. The van der Waals surface area contributed by atoms with Crippen LogP contribution in [0.5, 0.6) is 0 Å². The number of fused-ring (bicyclic) bond motifs is 1. The van der Waals surface area contributed by atoms with Gasteiger partial charge in [-0.3, -0.25) is 14.6 Å². The highest BCUT2D eigenvalue weighted by Crippen LogP contribution is 2.36. The lowest BCUT2D eigenvalue weighted by Crippen LogP contribution is -2.25. The molecule has 0 radical (unpaired) electrons. The van der Waals surface area contributed by atoms with Gasteiger partial charge in [-0.1, -0.05) is 65.8 Å². The molecule has 190 valence electrons. The molecule has 2 aliphatic carbocycles. The summed E-state index contributed by atoms with van der Waals surface area (Å²) < 4.78 is 5.59. The first-order valence-electron chi connectivity index (χ1n) is 12.8. The lowest BCUT2D eigenvalue weighted by Gasteiger charge is -2.24. The molecule has 0 fully saturated rings. The number of benzene rings is 2. The monoisotopic (exact) mass is 498 g/mol. The van der Waals surface area contributed by atoms with Gasteiger partial charge in [0.25, 0.3) is 0 Å². The fourth-order valence-electron chi connectivity index (χ4n) is 5.46. The maximum atomic E-state index is 13.2. The van der Waals surface area contributed by atoms with Gasteiger partial charge < -0.3 is 14.7 Å². The Morgan fingerprint density at radius 1 is 0.892 bits per heavy atom. The Morgan fingerprint density at radius 2 is 1.51 bits per heavy atom. The predicted octanol–water partition coefficient (Wildman–Crippen LogP) is 4.91. The Bertz CT molecular complexity index is 1340. The standard InChI is InChI=1S/C30H30N2O5/c33-14-13-31-23(29-25(34)15-21(16-26(29)35)19-7-3-1-4-8-19)11-12-24-30-27(36)17-22(18-28(30)37-32-24)20-9-5-2-6-10-20/h1-10,21-22,33-34H,11-18H2. The summed E-state index contributed by atoms with van der Waals surface area (Å²) in [6, 6.07) is 19.6. The minimum absolute atomic E-state index is 0.00158. The van der Waals surface area contributed by atoms with Gasteiger partial charge in [-0.2, -0.15) is 0 Å². The van der Waals surface area contributed by atoms with Crippen molar-refractivity contribution in [3.63, 3.8) is 0 Å². The van der Waals surface area contributed by atoms with Gasteiger partial charge in [0.15, 0.2) is 11.6 Å². The van der Waals surface area contributed by atoms with E-state index in [1.54, 1.807) is 0 Å². The Kier molecular flexibility index (Phi) is 7.42. The van der Waals surface area contributed by atoms with Crippen molar-refractivity contribution in [1.82, 2.24) is 5.16 Å². The van der Waals surface area contributed by atoms with Crippen molar-refractivity contribution in [2.24, 2.45) is 4.99 Å². The molecule has 0 spiro atoms. The number of carbonyl (C=O) groups excluding carboxylic acids is 2. The van der Waals surface area contributed by atoms with Crippen molar-refractivity contribution < 1.29 is 24.3 Å². The van der Waals surface area contributed by atoms with Crippen molar-refractivity contribution in [3.8, 4) is 0 Å². The highest BCUT2D eigenvalue weighted by Gasteiger charge is 2.34. The van der Waals surface area contributed by atoms with Gasteiger partial charge in [-0.05, 0) is 35.8 Å². The molecule has 0 amide bonds. The number of aliphatic imine (C=N–C) groups is 1. The van der Waals surface area contributed by atoms with Crippen LogP contribution in [-0.2, 0) is 17.6 Å². The van der Waals surface area contributed by atoms with Crippen molar-refractivity contribution in [2.45, 2.75) is 50.4 Å². The number of aryl methyl sites for hydroxylation is 1. The lowest BCUT2D eigenvalue weighted by atomic mass is 9.80. The van der Waals surface area contributed by atoms with Crippen molar-refractivity contribution in [1.29, 1.82) is 0 Å². The molecule has 7 heteroatoms. The first-order valence-corrected chi connectivity index (χ1v) is 12.8. The van der Waals surface area contributed by atoms with Gasteiger partial charge >= 0.3 is 0 Å². The van der Waals surface area contributed by atoms with E-state index >= 15 is 0 Å². The third-order valence-electron chi connectivity index (χ3n) is 7.25. The van der Waals surface area contributed by atoms with Crippen LogP contribution in [-0.4, -0.2) is 45.8 Å². The lowest BCUT2D eigenvalue weighted by molar-refractivity contribution is -0.116. The molecule has 2 aromatic carbocycles. The molecular formula is C30H30N2O5. The quantitative estimate of drug-likeness (QED) is 0.427. The Labute approximate surface area is 215 Å². The molecule has 0 aliphatic heterocycles. The van der Waals surface area contributed by atoms with E-state index in [0.29, 0.717) is 54.8 Å². The topological polar surface area (TPSA) is 113 Å². The minimum atomic E-state index is -0.170. The number of aliphatic hydroxyl groups is 2. The second-order valence-electron chi connectivity index (χ2n) is 9.68. The van der Waals surface area contributed by atoms with Crippen LogP contribution in [0, 0.1) is 0 Å². The summed E-state index contributed by atoms with van der Waals surface area (Å²) in [6.07, 6.45) is 2.27. The van der Waals surface area contributed by atoms with Crippen LogP contribution in [0.4, 0.5) is 0 Å². The van der Waals surface area contributed by atoms with E-state index in [1.165, 1.54) is 0 Å². The second kappa shape index (κ2) is 11.0. The van der Waals surface area contributed by atoms with Crippen molar-refractivity contribution in [3.05, 3.63) is 100 Å². The van der Waals surface area contributed by atoms with E-state index in [9.17, 15) is 19.8 Å². The van der Waals surface area contributed by atoms with Gasteiger partial charge in [0.05, 0.1) is 30.0 Å². The number of allylic oxidation sites excluding steroid dienone is 2. The normalized spacial score (nSPS) is 20.3. The Balaban J connectivity index is 1.34. The smallest absolute Gasteiger partial charge is 0.168 e. The Hall–Kier alpha value is -3.84. The number of ketones is 2. The van der Waals surface area contributed by atoms with Crippen molar-refractivity contribution in [2.75, 3.05) is 13.2 Å². The van der Waals surface area contributed by atoms with E-state index < -0.39 is 0 Å². The third kappa shape index (κ3) is 5.32. The summed E-state index contributed by atoms with van der Waals surface area (Å²) in [5.41, 5.74) is 3.86. The fourth-order valence-corrected chi connectivity index (χ4v) is 5.46. The summed E-state index contributed by atoms with van der Waals surface area (Å²) in [4.78, 5) is 30.7. The zero-order valence-electron chi connectivity index (χ0n) is 20.6. The average Bonchev–Trinajstić information content (AvgIpc) is 3.34. The zero-order chi connectivity index (χ0) is 25.8. The van der Waals surface area contributed by atoms with Crippen LogP contribution in [0.1, 0.15) is 70.5 Å². The zero-order valence-corrected chi connectivity index (χ0v) is 20.6. The van der Waals surface area contributed by atoms with Crippen LogP contribution < -0.4 is 0 Å². The SMILES string of the molecule is O=C1CC(c2ccccc2)CC(O)=C1C(CCc1noc2c1C(=O)CC(c1ccccc1)C2)=NCCO. The van der Waals surface area contributed by atoms with E-state index in [1.807, 2.05) is 60.7 Å². The maximum absolute atomic E-state index is 13.2. The van der Waals surface area contributed by atoms with E-state index in [2.05, 4.69) is 10.1 Å². The summed E-state index contributed by atoms with van der Waals surface area (Å²) in [5.74, 6) is 0.415. The third-order valence-corrected chi connectivity index (χ3v) is 7.25. The predicted molar refractivity (Wildman–Crippen MR) is 139 cm³/mol. The van der Waals surface area contributed by atoms with Crippen LogP contribution in [0.25, 0.3) is 0 Å². The number of aliphatic hydroxyl groups excluding tert-OH is 2. The number of aromatic nitrogens is 1. The van der Waals surface area contributed by atoms with Gasteiger partial charge in [0.2, 0.25) is 0 Å². The molecule has 37 heavy (non-hydrogen) atoms. The summed E-state index contributed by atoms with van der Waals surface area (Å²) in [5, 5.41) is 24.5. The summed E-state index contributed by atoms with van der Waals surface area (Å²) in [6.45, 7) is -0.0484. The molecule has 3 aromatic rings. The molecule has 2 unspecified atom stereocenters. The molecule has 2 aliphatic rings. The highest BCUT2D eigenvalue weighted by atomic mass is 16.5. The molecule has 0 saturated heterocycles. The average molecular weight is 499 g/mol. The highest BCUT2D eigenvalue weighted by molar-refractivity contribution is 6.23. The van der Waals surface area contributed by atoms with Crippen LogP contribution in [0.15, 0.2) is 81.5 Å². The molecule has 2 N–H and O–H groups in total. The van der Waals surface area contributed by atoms with Crippen LogP contribution >= 0.6 is 0 Å². The molecule has 2 atom stereocenters. The first-order chi connectivity index (χ1) is 18.0. The van der Waals surface area contributed by atoms with Crippen molar-refractivity contribution >= 4 is 17.3 Å². The number of nitrogens with zero attached hydrogens (tertiary/aromatic N) is 2. The molecular weight excluding hydrogens is 468 g/mol. The molecule has 1 aromatic heterocycles. The van der Waals surface area contributed by atoms with Crippen LogP contribution in [0.2, 0.25) is 0 Å². The van der Waals surface area contributed by atoms with Crippen LogP contribution in [0.3, 0.4) is 0 Å². The van der Waals surface area contributed by atoms with E-state index in [-0.39, 0.29) is 54.3 Å². The number of carbonyl (C=O) groups is 2. The molecule has 5 rings (SSSR count). The summed E-state index contributed by atoms with van der Waals surface area (Å²) >= 11 is 0. The number of hydrogen-bond acceptors (Lipinski definition) is 7. The molecule has 0 saturated carbocycles. The van der Waals surface area contributed by atoms with Gasteiger partial charge in [0.1, 0.15) is 11.5 Å². The van der Waals surface area contributed by atoms with Gasteiger partial charge in [0, 0.05) is 31.4 Å². The van der Waals surface area contributed by atoms with Gasteiger partial charge in [-0.25, -0.2) is 0 Å². The number of hydrogen-bond donors (Lipinski definition) is 2. The van der Waals surface area contributed by atoms with Gasteiger partial charge in [-0.15, -0.1) is 0 Å².